The molecule has 3 N–H and O–H groups in total. The van der Waals surface area contributed by atoms with Crippen LogP contribution in [0.25, 0.3) is 0 Å². The quantitative estimate of drug-likeness (QED) is 0.627. The SMILES string of the molecule is CC(C)[C@@H](NC(=O)CCCS(N)(=O)=O)C(=O)N1CCC(c2ccc(F)cc2)C(C)(C)C1. The lowest BCUT2D eigenvalue weighted by Crippen LogP contribution is -2.55. The number of halogens is 1. The average Bonchev–Trinajstić information content (AvgIpc) is 2.64. The van der Waals surface area contributed by atoms with Gasteiger partial charge in [0.05, 0.1) is 5.75 Å². The van der Waals surface area contributed by atoms with Crippen molar-refractivity contribution in [3.63, 3.8) is 0 Å². The van der Waals surface area contributed by atoms with Gasteiger partial charge in [-0.3, -0.25) is 9.59 Å². The summed E-state index contributed by atoms with van der Waals surface area (Å²) in [7, 11) is -3.62. The number of nitrogens with one attached hydrogen (secondary N) is 1. The summed E-state index contributed by atoms with van der Waals surface area (Å²) >= 11 is 0. The molecule has 1 saturated heterocycles. The minimum absolute atomic E-state index is 0.00887. The van der Waals surface area contributed by atoms with Crippen LogP contribution in [0.4, 0.5) is 4.39 Å². The lowest BCUT2D eigenvalue weighted by atomic mass is 9.70. The molecule has 7 nitrogen and oxygen atoms in total. The third kappa shape index (κ3) is 7.28. The van der Waals surface area contributed by atoms with Gasteiger partial charge in [-0.05, 0) is 47.8 Å². The molecule has 1 aliphatic rings. The third-order valence-electron chi connectivity index (χ3n) is 5.90. The number of benzene rings is 1. The van der Waals surface area contributed by atoms with E-state index in [-0.39, 0.29) is 53.5 Å². The molecule has 1 aromatic carbocycles. The number of rotatable bonds is 8. The third-order valence-corrected chi connectivity index (χ3v) is 6.75. The van der Waals surface area contributed by atoms with Gasteiger partial charge in [-0.15, -0.1) is 0 Å². The van der Waals surface area contributed by atoms with Crippen molar-refractivity contribution in [2.45, 2.75) is 58.9 Å². The van der Waals surface area contributed by atoms with E-state index in [1.165, 1.54) is 12.1 Å². The Morgan fingerprint density at radius 1 is 1.26 bits per heavy atom. The Morgan fingerprint density at radius 2 is 1.87 bits per heavy atom. The molecule has 1 aliphatic heterocycles. The maximum Gasteiger partial charge on any atom is 0.245 e. The van der Waals surface area contributed by atoms with Gasteiger partial charge in [0.25, 0.3) is 0 Å². The molecule has 0 radical (unpaired) electrons. The molecular weight excluding hydrogens is 421 g/mol. The molecule has 1 unspecified atom stereocenters. The lowest BCUT2D eigenvalue weighted by molar-refractivity contribution is -0.140. The molecule has 1 heterocycles. The molecule has 0 spiro atoms. The number of piperidine rings is 1. The number of likely N-dealkylation sites (tertiary alicyclic amines) is 1. The van der Waals surface area contributed by atoms with E-state index in [0.29, 0.717) is 13.1 Å². The van der Waals surface area contributed by atoms with Crippen LogP contribution in [0.2, 0.25) is 0 Å². The summed E-state index contributed by atoms with van der Waals surface area (Å²) in [5.74, 6) is -0.966. The van der Waals surface area contributed by atoms with Crippen molar-refractivity contribution in [3.8, 4) is 0 Å². The van der Waals surface area contributed by atoms with E-state index in [1.54, 1.807) is 17.0 Å². The van der Waals surface area contributed by atoms with Crippen molar-refractivity contribution >= 4 is 21.8 Å². The van der Waals surface area contributed by atoms with Crippen LogP contribution in [-0.2, 0) is 19.6 Å². The van der Waals surface area contributed by atoms with Crippen LogP contribution in [0.15, 0.2) is 24.3 Å². The topological polar surface area (TPSA) is 110 Å². The molecule has 174 valence electrons. The number of primary sulfonamides is 1. The first-order chi connectivity index (χ1) is 14.3. The molecule has 1 fully saturated rings. The van der Waals surface area contributed by atoms with Gasteiger partial charge in [0.2, 0.25) is 21.8 Å². The average molecular weight is 456 g/mol. The van der Waals surface area contributed by atoms with E-state index in [9.17, 15) is 22.4 Å². The van der Waals surface area contributed by atoms with Crippen molar-refractivity contribution in [1.82, 2.24) is 10.2 Å². The highest BCUT2D eigenvalue weighted by Crippen LogP contribution is 2.42. The van der Waals surface area contributed by atoms with Crippen molar-refractivity contribution in [2.24, 2.45) is 16.5 Å². The summed E-state index contributed by atoms with van der Waals surface area (Å²) in [6, 6.07) is 5.85. The number of hydrogen-bond acceptors (Lipinski definition) is 4. The van der Waals surface area contributed by atoms with Gasteiger partial charge >= 0.3 is 0 Å². The first-order valence-corrected chi connectivity index (χ1v) is 12.4. The van der Waals surface area contributed by atoms with Crippen LogP contribution in [0.5, 0.6) is 0 Å². The van der Waals surface area contributed by atoms with Crippen LogP contribution in [0, 0.1) is 17.2 Å². The first-order valence-electron chi connectivity index (χ1n) is 10.6. The predicted octanol–water partition coefficient (Wildman–Crippen LogP) is 2.38. The normalized spacial score (nSPS) is 19.8. The standard InChI is InChI=1S/C22H34FN3O4S/c1-15(2)20(25-19(27)6-5-13-31(24,29)30)21(28)26-12-11-18(22(3,4)14-26)16-7-9-17(23)10-8-16/h7-10,15,18,20H,5-6,11-14H2,1-4H3,(H,25,27)(H2,24,29,30)/t18?,20-/m1/s1. The lowest BCUT2D eigenvalue weighted by Gasteiger charge is -2.45. The fraction of sp³-hybridized carbons (Fsp3) is 0.636. The highest BCUT2D eigenvalue weighted by atomic mass is 32.2. The number of sulfonamides is 1. The minimum atomic E-state index is -3.62. The highest BCUT2D eigenvalue weighted by molar-refractivity contribution is 7.89. The Balaban J connectivity index is 2.02. The Bertz CT molecular complexity index is 885. The molecule has 2 atom stereocenters. The highest BCUT2D eigenvalue weighted by Gasteiger charge is 2.40. The number of nitrogens with zero attached hydrogens (tertiary/aromatic N) is 1. The second-order valence-corrected chi connectivity index (χ2v) is 11.1. The van der Waals surface area contributed by atoms with E-state index < -0.39 is 16.1 Å². The molecule has 31 heavy (non-hydrogen) atoms. The summed E-state index contributed by atoms with van der Waals surface area (Å²) in [4.78, 5) is 27.3. The Kier molecular flexibility index (Phi) is 8.21. The number of carbonyl (C=O) groups is 2. The monoisotopic (exact) mass is 455 g/mol. The number of carbonyl (C=O) groups excluding carboxylic acids is 2. The molecule has 0 bridgehead atoms. The number of amides is 2. The fourth-order valence-corrected chi connectivity index (χ4v) is 4.79. The summed E-state index contributed by atoms with van der Waals surface area (Å²) < 4.78 is 35.4. The summed E-state index contributed by atoms with van der Waals surface area (Å²) in [5.41, 5.74) is 0.842. The number of hydrogen-bond donors (Lipinski definition) is 2. The Morgan fingerprint density at radius 3 is 2.39 bits per heavy atom. The molecule has 9 heteroatoms. The van der Waals surface area contributed by atoms with Crippen LogP contribution >= 0.6 is 0 Å². The maximum atomic E-state index is 13.3. The van der Waals surface area contributed by atoms with Crippen molar-refractivity contribution < 1.29 is 22.4 Å². The summed E-state index contributed by atoms with van der Waals surface area (Å²) in [5, 5.41) is 7.73. The fourth-order valence-electron chi connectivity index (χ4n) is 4.25. The van der Waals surface area contributed by atoms with Gasteiger partial charge in [-0.25, -0.2) is 17.9 Å². The molecule has 0 saturated carbocycles. The second kappa shape index (κ2) is 10.1. The van der Waals surface area contributed by atoms with E-state index in [0.717, 1.165) is 12.0 Å². The Hall–Kier alpha value is -2.00. The molecule has 0 aliphatic carbocycles. The molecule has 1 aromatic rings. The van der Waals surface area contributed by atoms with Gasteiger partial charge in [0, 0.05) is 19.5 Å². The van der Waals surface area contributed by atoms with Crippen LogP contribution in [0.3, 0.4) is 0 Å². The molecular formula is C22H34FN3O4S. The zero-order chi connectivity index (χ0) is 23.4. The van der Waals surface area contributed by atoms with Gasteiger partial charge in [-0.2, -0.15) is 0 Å². The van der Waals surface area contributed by atoms with Crippen LogP contribution in [-0.4, -0.2) is 50.0 Å². The predicted molar refractivity (Wildman–Crippen MR) is 118 cm³/mol. The van der Waals surface area contributed by atoms with Gasteiger partial charge in [0.15, 0.2) is 0 Å². The van der Waals surface area contributed by atoms with Crippen LogP contribution < -0.4 is 10.5 Å². The summed E-state index contributed by atoms with van der Waals surface area (Å²) in [6.45, 7) is 8.99. The van der Waals surface area contributed by atoms with Gasteiger partial charge in [-0.1, -0.05) is 39.8 Å². The van der Waals surface area contributed by atoms with Gasteiger partial charge < -0.3 is 10.2 Å². The van der Waals surface area contributed by atoms with Crippen LogP contribution in [0.1, 0.15) is 58.4 Å². The Labute approximate surface area is 184 Å². The van der Waals surface area contributed by atoms with E-state index in [1.807, 2.05) is 13.8 Å². The molecule has 2 rings (SSSR count). The molecule has 0 aromatic heterocycles. The maximum absolute atomic E-state index is 13.3. The van der Waals surface area contributed by atoms with Crippen molar-refractivity contribution in [3.05, 3.63) is 35.6 Å². The number of nitrogens with two attached hydrogens (primary N) is 1. The van der Waals surface area contributed by atoms with E-state index in [2.05, 4.69) is 19.2 Å². The second-order valence-electron chi connectivity index (χ2n) is 9.40. The largest absolute Gasteiger partial charge is 0.344 e. The first kappa shape index (κ1) is 25.3. The van der Waals surface area contributed by atoms with Crippen molar-refractivity contribution in [1.29, 1.82) is 0 Å². The van der Waals surface area contributed by atoms with E-state index in [4.69, 9.17) is 5.14 Å². The zero-order valence-electron chi connectivity index (χ0n) is 18.7. The molecule has 2 amide bonds. The minimum Gasteiger partial charge on any atom is -0.344 e. The van der Waals surface area contributed by atoms with Gasteiger partial charge in [0.1, 0.15) is 11.9 Å². The summed E-state index contributed by atoms with van der Waals surface area (Å²) in [6.07, 6.45) is 0.850. The van der Waals surface area contributed by atoms with E-state index >= 15 is 0 Å². The smallest absolute Gasteiger partial charge is 0.245 e. The zero-order valence-corrected chi connectivity index (χ0v) is 19.5. The van der Waals surface area contributed by atoms with Crippen molar-refractivity contribution in [2.75, 3.05) is 18.8 Å².